The zero-order valence-corrected chi connectivity index (χ0v) is 18.8. The van der Waals surface area contributed by atoms with Crippen LogP contribution in [-0.4, -0.2) is 60.4 Å². The molecule has 1 aromatic carbocycles. The Balaban J connectivity index is 1.26. The van der Waals surface area contributed by atoms with Crippen LogP contribution < -0.4 is 10.2 Å². The van der Waals surface area contributed by atoms with Crippen molar-refractivity contribution in [3.05, 3.63) is 42.1 Å². The third-order valence-corrected chi connectivity index (χ3v) is 7.17. The molecule has 11 heteroatoms. The van der Waals surface area contributed by atoms with Crippen LogP contribution in [0.4, 0.5) is 14.7 Å². The van der Waals surface area contributed by atoms with Gasteiger partial charge in [0.05, 0.1) is 24.1 Å². The molecular weight excluding hydrogens is 454 g/mol. The van der Waals surface area contributed by atoms with Crippen LogP contribution >= 0.6 is 0 Å². The van der Waals surface area contributed by atoms with Crippen LogP contribution in [-0.2, 0) is 0 Å². The number of benzene rings is 1. The van der Waals surface area contributed by atoms with Crippen molar-refractivity contribution in [3.63, 3.8) is 0 Å². The molecule has 2 bridgehead atoms. The summed E-state index contributed by atoms with van der Waals surface area (Å²) in [5.41, 5.74) is 0.810. The number of piperidine rings is 2. The Morgan fingerprint density at radius 2 is 2.06 bits per heavy atom. The van der Waals surface area contributed by atoms with Gasteiger partial charge in [0.15, 0.2) is 11.5 Å². The van der Waals surface area contributed by atoms with E-state index in [4.69, 9.17) is 5.26 Å². The lowest BCUT2D eigenvalue weighted by Gasteiger charge is -2.46. The van der Waals surface area contributed by atoms with Gasteiger partial charge in [-0.2, -0.15) is 10.4 Å². The lowest BCUT2D eigenvalue weighted by molar-refractivity contribution is 0.103. The molecule has 1 saturated carbocycles. The minimum Gasteiger partial charge on any atom is -0.507 e. The molecule has 0 spiro atoms. The van der Waals surface area contributed by atoms with Crippen molar-refractivity contribution in [3.8, 4) is 28.8 Å². The van der Waals surface area contributed by atoms with E-state index < -0.39 is 12.0 Å². The number of hydrogen-bond donors (Lipinski definition) is 2. The van der Waals surface area contributed by atoms with Crippen LogP contribution in [0.2, 0.25) is 0 Å². The third kappa shape index (κ3) is 3.97. The van der Waals surface area contributed by atoms with Crippen molar-refractivity contribution in [1.82, 2.24) is 30.3 Å². The molecule has 0 radical (unpaired) electrons. The molecule has 9 nitrogen and oxygen atoms in total. The molecule has 35 heavy (non-hydrogen) atoms. The van der Waals surface area contributed by atoms with Gasteiger partial charge >= 0.3 is 0 Å². The van der Waals surface area contributed by atoms with Gasteiger partial charge in [-0.3, -0.25) is 0 Å². The summed E-state index contributed by atoms with van der Waals surface area (Å²) in [7, 11) is 0. The maximum Gasteiger partial charge on any atom is 0.245 e. The number of aromatic nitrogens is 5. The first kappa shape index (κ1) is 21.9. The highest BCUT2D eigenvalue weighted by Gasteiger charge is 2.47. The minimum atomic E-state index is -0.985. The van der Waals surface area contributed by atoms with Crippen LogP contribution in [0.15, 0.2) is 30.6 Å². The average molecular weight is 479 g/mol. The lowest BCUT2D eigenvalue weighted by atomic mass is 9.82. The van der Waals surface area contributed by atoms with Gasteiger partial charge in [-0.05, 0) is 44.2 Å². The summed E-state index contributed by atoms with van der Waals surface area (Å²) in [5.74, 6) is -0.444. The molecule has 3 aliphatic rings. The number of aromatic hydroxyl groups is 1. The Bertz CT molecular complexity index is 1290. The molecule has 3 fully saturated rings. The van der Waals surface area contributed by atoms with Crippen LogP contribution in [0, 0.1) is 17.1 Å². The predicted octanol–water partition coefficient (Wildman–Crippen LogP) is 3.03. The van der Waals surface area contributed by atoms with Gasteiger partial charge in [0, 0.05) is 29.8 Å². The smallest absolute Gasteiger partial charge is 0.245 e. The van der Waals surface area contributed by atoms with Gasteiger partial charge in [-0.15, -0.1) is 10.2 Å². The second kappa shape index (κ2) is 8.53. The fourth-order valence-corrected chi connectivity index (χ4v) is 5.33. The fraction of sp³-hybridized carbons (Fsp3) is 0.458. The highest BCUT2D eigenvalue weighted by atomic mass is 19.1. The predicted molar refractivity (Wildman–Crippen MR) is 122 cm³/mol. The molecule has 2 aliphatic heterocycles. The first-order chi connectivity index (χ1) is 17.0. The van der Waals surface area contributed by atoms with Crippen molar-refractivity contribution < 1.29 is 13.9 Å². The molecule has 3 aromatic rings. The van der Waals surface area contributed by atoms with Crippen molar-refractivity contribution >= 4 is 5.95 Å². The lowest BCUT2D eigenvalue weighted by Crippen LogP contribution is -2.62. The number of halogens is 2. The maximum atomic E-state index is 15.4. The largest absolute Gasteiger partial charge is 0.507 e. The zero-order valence-electron chi connectivity index (χ0n) is 18.8. The monoisotopic (exact) mass is 478 g/mol. The molecule has 0 unspecified atom stereocenters. The molecular formula is C24H24F2N8O. The first-order valence-corrected chi connectivity index (χ1v) is 11.9. The molecule has 4 atom stereocenters. The summed E-state index contributed by atoms with van der Waals surface area (Å²) in [6.07, 6.45) is 7.29. The van der Waals surface area contributed by atoms with Crippen LogP contribution in [0.25, 0.3) is 16.9 Å². The van der Waals surface area contributed by atoms with E-state index in [1.54, 1.807) is 18.2 Å². The fourth-order valence-electron chi connectivity index (χ4n) is 5.33. The Hall–Kier alpha value is -3.65. The highest BCUT2D eigenvalue weighted by molar-refractivity contribution is 5.68. The maximum absolute atomic E-state index is 15.4. The van der Waals surface area contributed by atoms with Crippen molar-refractivity contribution in [2.75, 3.05) is 4.90 Å². The minimum absolute atomic E-state index is 0.116. The number of phenols is 1. The van der Waals surface area contributed by atoms with E-state index >= 15 is 4.39 Å². The number of nitrogens with zero attached hydrogens (tertiary/aromatic N) is 7. The molecule has 180 valence electrons. The quantitative estimate of drug-likeness (QED) is 0.575. The second-order valence-corrected chi connectivity index (χ2v) is 9.51. The van der Waals surface area contributed by atoms with E-state index in [9.17, 15) is 9.50 Å². The number of nitrogens with one attached hydrogen (secondary N) is 1. The molecule has 6 rings (SSSR count). The number of fused-ring (bicyclic) bond motifs is 2. The van der Waals surface area contributed by atoms with Crippen molar-refractivity contribution in [2.45, 2.75) is 68.9 Å². The number of nitriles is 1. The summed E-state index contributed by atoms with van der Waals surface area (Å²) < 4.78 is 30.3. The topological polar surface area (TPSA) is 116 Å². The van der Waals surface area contributed by atoms with Crippen molar-refractivity contribution in [2.24, 2.45) is 0 Å². The van der Waals surface area contributed by atoms with Gasteiger partial charge in [0.2, 0.25) is 5.95 Å². The molecule has 1 aliphatic carbocycles. The summed E-state index contributed by atoms with van der Waals surface area (Å²) in [6, 6.07) is 6.45. The Kier molecular flexibility index (Phi) is 5.33. The van der Waals surface area contributed by atoms with Gasteiger partial charge in [0.25, 0.3) is 0 Å². The zero-order chi connectivity index (χ0) is 24.1. The van der Waals surface area contributed by atoms with Gasteiger partial charge in [-0.25, -0.2) is 18.4 Å². The Labute approximate surface area is 200 Å². The van der Waals surface area contributed by atoms with Gasteiger partial charge in [-0.1, -0.05) is 6.42 Å². The summed E-state index contributed by atoms with van der Waals surface area (Å²) in [5, 5.41) is 35.4. The summed E-state index contributed by atoms with van der Waals surface area (Å²) >= 11 is 0. The van der Waals surface area contributed by atoms with Gasteiger partial charge in [0.1, 0.15) is 23.7 Å². The Morgan fingerprint density at radius 1 is 1.20 bits per heavy atom. The van der Waals surface area contributed by atoms with E-state index in [1.165, 1.54) is 16.9 Å². The van der Waals surface area contributed by atoms with Crippen LogP contribution in [0.3, 0.4) is 0 Å². The highest BCUT2D eigenvalue weighted by Crippen LogP contribution is 2.39. The molecule has 2 N–H and O–H groups in total. The average Bonchev–Trinajstić information content (AvgIpc) is 3.63. The first-order valence-electron chi connectivity index (χ1n) is 11.9. The third-order valence-electron chi connectivity index (χ3n) is 7.17. The number of anilines is 1. The Morgan fingerprint density at radius 3 is 2.74 bits per heavy atom. The summed E-state index contributed by atoms with van der Waals surface area (Å²) in [4.78, 5) is 6.54. The van der Waals surface area contributed by atoms with Crippen LogP contribution in [0.5, 0.6) is 5.75 Å². The van der Waals surface area contributed by atoms with E-state index in [2.05, 4.69) is 25.6 Å². The molecule has 0 amide bonds. The van der Waals surface area contributed by atoms with Crippen molar-refractivity contribution in [1.29, 1.82) is 5.26 Å². The number of hydrogen-bond acceptors (Lipinski definition) is 8. The van der Waals surface area contributed by atoms with E-state index in [0.717, 1.165) is 44.7 Å². The molecule has 2 aromatic heterocycles. The normalized spacial score (nSPS) is 25.7. The number of alkyl halides is 1. The van der Waals surface area contributed by atoms with Crippen LogP contribution in [0.1, 0.15) is 44.2 Å². The number of rotatable bonds is 5. The second-order valence-electron chi connectivity index (χ2n) is 9.51. The van der Waals surface area contributed by atoms with E-state index in [-0.39, 0.29) is 29.6 Å². The van der Waals surface area contributed by atoms with Gasteiger partial charge < -0.3 is 15.3 Å². The summed E-state index contributed by atoms with van der Waals surface area (Å²) in [6.45, 7) is 0. The van der Waals surface area contributed by atoms with E-state index in [1.807, 2.05) is 4.90 Å². The molecule has 4 heterocycles. The SMILES string of the molecule is N#Cc1nn(-c2ccc(-c3cnc(N(C4CC4)[C@H]4C[C@@H]5CCC[C@H](N5)[C@H]4F)nn3)c(O)c2)cc1F. The standard InChI is InChI=1S/C24H24F2N8O/c25-17-12-33(32-19(17)10-27)15-6-7-16(22(35)9-15)20-11-28-24(31-30-20)34(14-4-5-14)21-8-13-2-1-3-18(29-13)23(21)26/h6-7,9,11-14,18,21,23,29,35H,1-5,8H2/t13-,18-,21-,23+/m0/s1. The number of phenolic OH excluding ortho intramolecular Hbond substituents is 1. The van der Waals surface area contributed by atoms with E-state index in [0.29, 0.717) is 28.9 Å². The molecule has 2 saturated heterocycles.